The summed E-state index contributed by atoms with van der Waals surface area (Å²) < 4.78 is 34.0. The smallest absolute Gasteiger partial charge is 0.265 e. The molecule has 1 heterocycles. The number of aromatic nitrogens is 2. The molecule has 0 saturated heterocycles. The van der Waals surface area contributed by atoms with E-state index in [0.29, 0.717) is 16.7 Å². The van der Waals surface area contributed by atoms with E-state index >= 15 is 0 Å². The van der Waals surface area contributed by atoms with Crippen LogP contribution in [0.2, 0.25) is 0 Å². The molecular weight excluding hydrogens is 384 g/mol. The molecule has 0 aliphatic carbocycles. The van der Waals surface area contributed by atoms with Gasteiger partial charge in [-0.25, -0.2) is 8.42 Å². The molecule has 0 atom stereocenters. The molecule has 114 valence electrons. The standard InChI is InChI=1S/C12H12BrClN2O4S/c1-2-3-11-15-12(20-16-11)7-19-9-5-4-8(13)6-10(9)21(14,17)18/h4-6H,2-3,7H2,1H3. The first kappa shape index (κ1) is 16.3. The fourth-order valence-corrected chi connectivity index (χ4v) is 3.11. The Morgan fingerprint density at radius 2 is 2.19 bits per heavy atom. The maximum Gasteiger partial charge on any atom is 0.265 e. The van der Waals surface area contributed by atoms with Crippen molar-refractivity contribution in [3.8, 4) is 5.75 Å². The van der Waals surface area contributed by atoms with Crippen LogP contribution in [0.5, 0.6) is 5.75 Å². The third-order valence-electron chi connectivity index (χ3n) is 2.50. The minimum atomic E-state index is -3.91. The van der Waals surface area contributed by atoms with Gasteiger partial charge in [0.15, 0.2) is 12.4 Å². The van der Waals surface area contributed by atoms with E-state index in [2.05, 4.69) is 26.1 Å². The zero-order valence-electron chi connectivity index (χ0n) is 11.0. The molecule has 21 heavy (non-hydrogen) atoms. The molecular formula is C12H12BrClN2O4S. The van der Waals surface area contributed by atoms with Crippen molar-refractivity contribution < 1.29 is 17.7 Å². The van der Waals surface area contributed by atoms with Crippen molar-refractivity contribution in [2.24, 2.45) is 0 Å². The average molecular weight is 396 g/mol. The van der Waals surface area contributed by atoms with Crippen LogP contribution in [0.15, 0.2) is 32.1 Å². The zero-order chi connectivity index (χ0) is 15.5. The van der Waals surface area contributed by atoms with Crippen LogP contribution in [0, 0.1) is 0 Å². The number of benzene rings is 1. The third-order valence-corrected chi connectivity index (χ3v) is 4.34. The second-order valence-electron chi connectivity index (χ2n) is 4.17. The number of aryl methyl sites for hydroxylation is 1. The summed E-state index contributed by atoms with van der Waals surface area (Å²) in [6.07, 6.45) is 1.62. The molecule has 1 aromatic carbocycles. The molecule has 0 bridgehead atoms. The van der Waals surface area contributed by atoms with Gasteiger partial charge < -0.3 is 9.26 Å². The van der Waals surface area contributed by atoms with Gasteiger partial charge >= 0.3 is 0 Å². The normalized spacial score (nSPS) is 11.6. The summed E-state index contributed by atoms with van der Waals surface area (Å²) in [5, 5.41) is 3.79. The zero-order valence-corrected chi connectivity index (χ0v) is 14.2. The minimum Gasteiger partial charge on any atom is -0.482 e. The number of ether oxygens (including phenoxy) is 1. The van der Waals surface area contributed by atoms with E-state index in [9.17, 15) is 8.42 Å². The van der Waals surface area contributed by atoms with Gasteiger partial charge in [0.25, 0.3) is 14.9 Å². The lowest BCUT2D eigenvalue weighted by Gasteiger charge is -2.08. The summed E-state index contributed by atoms with van der Waals surface area (Å²) in [4.78, 5) is 4.01. The minimum absolute atomic E-state index is 0.0300. The van der Waals surface area contributed by atoms with Crippen molar-refractivity contribution in [1.82, 2.24) is 10.1 Å². The molecule has 0 aliphatic heterocycles. The molecule has 2 rings (SSSR count). The van der Waals surface area contributed by atoms with Crippen LogP contribution in [0.3, 0.4) is 0 Å². The Morgan fingerprint density at radius 3 is 2.86 bits per heavy atom. The third kappa shape index (κ3) is 4.42. The molecule has 0 aliphatic rings. The van der Waals surface area contributed by atoms with Gasteiger partial charge in [0.05, 0.1) is 0 Å². The lowest BCUT2D eigenvalue weighted by molar-refractivity contribution is 0.237. The second-order valence-corrected chi connectivity index (χ2v) is 7.62. The maximum atomic E-state index is 11.5. The van der Waals surface area contributed by atoms with Crippen molar-refractivity contribution in [1.29, 1.82) is 0 Å². The van der Waals surface area contributed by atoms with E-state index in [0.717, 1.165) is 6.42 Å². The van der Waals surface area contributed by atoms with Crippen LogP contribution in [0.1, 0.15) is 25.1 Å². The Kier molecular flexibility index (Phi) is 5.23. The van der Waals surface area contributed by atoms with Crippen LogP contribution in [0.25, 0.3) is 0 Å². The summed E-state index contributed by atoms with van der Waals surface area (Å²) >= 11 is 3.19. The first-order valence-electron chi connectivity index (χ1n) is 6.08. The Hall–Kier alpha value is -1.12. The second kappa shape index (κ2) is 6.76. The molecule has 0 N–H and O–H groups in total. The van der Waals surface area contributed by atoms with Gasteiger partial charge in [-0.05, 0) is 24.6 Å². The van der Waals surface area contributed by atoms with Crippen molar-refractivity contribution in [3.63, 3.8) is 0 Å². The summed E-state index contributed by atoms with van der Waals surface area (Å²) in [6.45, 7) is 1.98. The highest BCUT2D eigenvalue weighted by Crippen LogP contribution is 2.30. The summed E-state index contributed by atoms with van der Waals surface area (Å²) in [5.74, 6) is 1.000. The number of rotatable bonds is 6. The van der Waals surface area contributed by atoms with Crippen LogP contribution in [0.4, 0.5) is 0 Å². The van der Waals surface area contributed by atoms with Gasteiger partial charge in [-0.1, -0.05) is 28.0 Å². The number of hydrogen-bond acceptors (Lipinski definition) is 6. The SMILES string of the molecule is CCCc1noc(COc2ccc(Br)cc2S(=O)(=O)Cl)n1. The molecule has 2 aromatic rings. The van der Waals surface area contributed by atoms with Crippen LogP contribution >= 0.6 is 26.6 Å². The molecule has 0 spiro atoms. The fraction of sp³-hybridized carbons (Fsp3) is 0.333. The van der Waals surface area contributed by atoms with Gasteiger partial charge in [0, 0.05) is 21.6 Å². The first-order chi connectivity index (χ1) is 9.90. The molecule has 9 heteroatoms. The Balaban J connectivity index is 2.16. The van der Waals surface area contributed by atoms with Crippen LogP contribution < -0.4 is 4.74 Å². The van der Waals surface area contributed by atoms with Crippen molar-refractivity contribution in [3.05, 3.63) is 34.4 Å². The summed E-state index contributed by atoms with van der Waals surface area (Å²) in [7, 11) is 1.47. The molecule has 0 radical (unpaired) electrons. The lowest BCUT2D eigenvalue weighted by Crippen LogP contribution is -2.01. The number of halogens is 2. The van der Waals surface area contributed by atoms with Crippen molar-refractivity contribution in [2.45, 2.75) is 31.3 Å². The van der Waals surface area contributed by atoms with Crippen molar-refractivity contribution >= 4 is 35.7 Å². The molecule has 1 aromatic heterocycles. The van der Waals surface area contributed by atoms with E-state index < -0.39 is 9.05 Å². The fourth-order valence-electron chi connectivity index (χ4n) is 1.61. The Bertz CT molecular complexity index is 733. The number of nitrogens with zero attached hydrogens (tertiary/aromatic N) is 2. The highest BCUT2D eigenvalue weighted by atomic mass is 79.9. The molecule has 0 fully saturated rings. The van der Waals surface area contributed by atoms with Gasteiger partial charge in [-0.2, -0.15) is 4.98 Å². The quantitative estimate of drug-likeness (QED) is 0.698. The highest BCUT2D eigenvalue weighted by Gasteiger charge is 2.18. The average Bonchev–Trinajstić information content (AvgIpc) is 2.84. The molecule has 0 saturated carbocycles. The van der Waals surface area contributed by atoms with E-state index in [1.165, 1.54) is 12.1 Å². The van der Waals surface area contributed by atoms with Gasteiger partial charge in [-0.3, -0.25) is 0 Å². The topological polar surface area (TPSA) is 82.3 Å². The van der Waals surface area contributed by atoms with E-state index in [4.69, 9.17) is 19.9 Å². The van der Waals surface area contributed by atoms with E-state index in [1.807, 2.05) is 6.92 Å². The molecule has 0 unspecified atom stereocenters. The van der Waals surface area contributed by atoms with E-state index in [1.54, 1.807) is 6.07 Å². The number of hydrogen-bond donors (Lipinski definition) is 0. The lowest BCUT2D eigenvalue weighted by atomic mass is 10.3. The summed E-state index contributed by atoms with van der Waals surface area (Å²) in [5.41, 5.74) is 0. The van der Waals surface area contributed by atoms with Gasteiger partial charge in [-0.15, -0.1) is 0 Å². The molecule has 6 nitrogen and oxygen atoms in total. The largest absolute Gasteiger partial charge is 0.482 e. The molecule has 0 amide bonds. The van der Waals surface area contributed by atoms with Gasteiger partial charge in [0.2, 0.25) is 0 Å². The summed E-state index contributed by atoms with van der Waals surface area (Å²) in [6, 6.07) is 4.52. The van der Waals surface area contributed by atoms with Crippen LogP contribution in [-0.2, 0) is 22.1 Å². The first-order valence-corrected chi connectivity index (χ1v) is 9.19. The predicted molar refractivity (Wildman–Crippen MR) is 79.8 cm³/mol. The van der Waals surface area contributed by atoms with Gasteiger partial charge in [0.1, 0.15) is 10.6 Å². The van der Waals surface area contributed by atoms with Crippen molar-refractivity contribution in [2.75, 3.05) is 0 Å². The maximum absolute atomic E-state index is 11.5. The van der Waals surface area contributed by atoms with E-state index in [-0.39, 0.29) is 23.1 Å². The predicted octanol–water partition coefficient (Wildman–Crippen LogP) is 3.29. The monoisotopic (exact) mass is 394 g/mol. The Morgan fingerprint density at radius 1 is 1.43 bits per heavy atom. The highest BCUT2D eigenvalue weighted by molar-refractivity contribution is 9.10. The van der Waals surface area contributed by atoms with Crippen LogP contribution in [-0.4, -0.2) is 18.6 Å². The Labute approximate surface area is 135 Å².